The number of nitriles is 1. The average Bonchev–Trinajstić information content (AvgIpc) is 3.57. The summed E-state index contributed by atoms with van der Waals surface area (Å²) in [7, 11) is -4.57. The van der Waals surface area contributed by atoms with Crippen molar-refractivity contribution in [2.75, 3.05) is 0 Å². The van der Waals surface area contributed by atoms with E-state index in [-0.39, 0.29) is 46.9 Å². The first-order valence-corrected chi connectivity index (χ1v) is 13.3. The SMILES string of the molecule is N#Cc1c(-c2ccc(S(=O)(=O)NC3(C(F)(F)F)CC3)cn2)n(C2CCCCC2)c2ncc(C(F)(F)F)cc12. The summed E-state index contributed by atoms with van der Waals surface area (Å²) in [5.41, 5.74) is -3.17. The molecule has 38 heavy (non-hydrogen) atoms. The van der Waals surface area contributed by atoms with Gasteiger partial charge in [0.25, 0.3) is 0 Å². The average molecular weight is 558 g/mol. The lowest BCUT2D eigenvalue weighted by Crippen LogP contribution is -2.47. The molecule has 2 aliphatic carbocycles. The summed E-state index contributed by atoms with van der Waals surface area (Å²) >= 11 is 0. The Bertz CT molecular complexity index is 1530. The molecule has 0 aromatic carbocycles. The number of pyridine rings is 2. The molecule has 2 saturated carbocycles. The van der Waals surface area contributed by atoms with E-state index in [1.807, 2.05) is 6.07 Å². The van der Waals surface area contributed by atoms with Gasteiger partial charge in [0.2, 0.25) is 10.0 Å². The molecule has 0 bridgehead atoms. The molecule has 0 amide bonds. The molecule has 0 atom stereocenters. The molecule has 7 nitrogen and oxygen atoms in total. The number of aromatic nitrogens is 3. The van der Waals surface area contributed by atoms with Gasteiger partial charge >= 0.3 is 12.4 Å². The van der Waals surface area contributed by atoms with E-state index in [9.17, 15) is 40.0 Å². The van der Waals surface area contributed by atoms with E-state index in [2.05, 4.69) is 9.97 Å². The third-order valence-corrected chi connectivity index (χ3v) is 8.65. The van der Waals surface area contributed by atoms with Crippen molar-refractivity contribution < 1.29 is 34.8 Å². The van der Waals surface area contributed by atoms with Crippen molar-refractivity contribution in [2.45, 2.75) is 73.8 Å². The van der Waals surface area contributed by atoms with Crippen molar-refractivity contribution >= 4 is 21.1 Å². The number of hydrogen-bond donors (Lipinski definition) is 1. The minimum absolute atomic E-state index is 0.0103. The van der Waals surface area contributed by atoms with Crippen LogP contribution in [-0.2, 0) is 16.2 Å². The zero-order valence-electron chi connectivity index (χ0n) is 19.7. The Labute approximate surface area is 213 Å². The van der Waals surface area contributed by atoms with Crippen molar-refractivity contribution in [1.29, 1.82) is 5.26 Å². The van der Waals surface area contributed by atoms with Crippen molar-refractivity contribution in [3.8, 4) is 17.5 Å². The number of nitrogens with one attached hydrogen (secondary N) is 1. The predicted molar refractivity (Wildman–Crippen MR) is 123 cm³/mol. The predicted octanol–water partition coefficient (Wildman–Crippen LogP) is 5.87. The van der Waals surface area contributed by atoms with Gasteiger partial charge in [-0.2, -0.15) is 36.3 Å². The molecule has 5 rings (SSSR count). The fourth-order valence-corrected chi connectivity index (χ4v) is 6.36. The van der Waals surface area contributed by atoms with Gasteiger partial charge in [-0.1, -0.05) is 19.3 Å². The van der Waals surface area contributed by atoms with Crippen LogP contribution in [0.25, 0.3) is 22.4 Å². The fourth-order valence-electron chi connectivity index (χ4n) is 4.97. The lowest BCUT2D eigenvalue weighted by Gasteiger charge is -2.26. The quantitative estimate of drug-likeness (QED) is 0.396. The Balaban J connectivity index is 1.62. The maximum absolute atomic E-state index is 13.4. The maximum Gasteiger partial charge on any atom is 0.417 e. The highest BCUT2D eigenvalue weighted by Gasteiger charge is 2.65. The highest BCUT2D eigenvalue weighted by Crippen LogP contribution is 2.50. The number of alkyl halides is 6. The van der Waals surface area contributed by atoms with Gasteiger partial charge in [-0.05, 0) is 43.9 Å². The molecule has 1 N–H and O–H groups in total. The summed E-state index contributed by atoms with van der Waals surface area (Å²) in [6, 6.07) is 4.93. The lowest BCUT2D eigenvalue weighted by molar-refractivity contribution is -0.160. The van der Waals surface area contributed by atoms with Crippen LogP contribution >= 0.6 is 0 Å². The monoisotopic (exact) mass is 557 g/mol. The Morgan fingerprint density at radius 3 is 2.24 bits per heavy atom. The molecule has 0 saturated heterocycles. The molecule has 0 radical (unpaired) electrons. The molecule has 0 spiro atoms. The first-order chi connectivity index (χ1) is 17.8. The number of halogens is 6. The van der Waals surface area contributed by atoms with Gasteiger partial charge in [0.15, 0.2) is 0 Å². The molecule has 2 aliphatic rings. The maximum atomic E-state index is 13.4. The van der Waals surface area contributed by atoms with E-state index in [0.717, 1.165) is 37.6 Å². The van der Waals surface area contributed by atoms with Crippen LogP contribution in [0.1, 0.15) is 62.1 Å². The molecular formula is C24H21F6N5O2S. The van der Waals surface area contributed by atoms with Crippen molar-refractivity contribution in [1.82, 2.24) is 19.3 Å². The summed E-state index contributed by atoms with van der Waals surface area (Å²) in [5.74, 6) is 0. The first-order valence-electron chi connectivity index (χ1n) is 11.9. The Hall–Kier alpha value is -3.18. The van der Waals surface area contributed by atoms with Crippen LogP contribution in [0.2, 0.25) is 0 Å². The number of fused-ring (bicyclic) bond motifs is 1. The molecule has 0 unspecified atom stereocenters. The van der Waals surface area contributed by atoms with Crippen LogP contribution in [0.15, 0.2) is 35.5 Å². The van der Waals surface area contributed by atoms with E-state index in [4.69, 9.17) is 0 Å². The molecule has 3 aromatic rings. The number of sulfonamides is 1. The number of hydrogen-bond acceptors (Lipinski definition) is 5. The summed E-state index contributed by atoms with van der Waals surface area (Å²) in [6.07, 6.45) is -4.50. The second-order valence-corrected chi connectivity index (χ2v) is 11.3. The van der Waals surface area contributed by atoms with Crippen LogP contribution < -0.4 is 4.72 Å². The van der Waals surface area contributed by atoms with Crippen molar-refractivity contribution in [3.63, 3.8) is 0 Å². The minimum atomic E-state index is -4.75. The fraction of sp³-hybridized carbons (Fsp3) is 0.458. The Kier molecular flexibility index (Phi) is 6.22. The molecule has 202 valence electrons. The molecular weight excluding hydrogens is 536 g/mol. The highest BCUT2D eigenvalue weighted by atomic mass is 32.2. The summed E-state index contributed by atoms with van der Waals surface area (Å²) in [5, 5.41) is 9.95. The minimum Gasteiger partial charge on any atom is -0.320 e. The lowest BCUT2D eigenvalue weighted by atomic mass is 9.95. The van der Waals surface area contributed by atoms with Crippen molar-refractivity contribution in [3.05, 3.63) is 41.7 Å². The number of nitrogens with zero attached hydrogens (tertiary/aromatic N) is 4. The van der Waals surface area contributed by atoms with Gasteiger partial charge in [0.05, 0.1) is 22.5 Å². The smallest absolute Gasteiger partial charge is 0.320 e. The third-order valence-electron chi connectivity index (χ3n) is 7.13. The normalized spacial score (nSPS) is 18.4. The number of rotatable bonds is 5. The largest absolute Gasteiger partial charge is 0.417 e. The van der Waals surface area contributed by atoms with E-state index >= 15 is 0 Å². The third kappa shape index (κ3) is 4.51. The van der Waals surface area contributed by atoms with Gasteiger partial charge in [0.1, 0.15) is 22.2 Å². The zero-order chi connectivity index (χ0) is 27.5. The molecule has 2 fully saturated rings. The topological polar surface area (TPSA) is 101 Å². The molecule has 14 heteroatoms. The zero-order valence-corrected chi connectivity index (χ0v) is 20.5. The second-order valence-electron chi connectivity index (χ2n) is 9.65. The second kappa shape index (κ2) is 8.94. The van der Waals surface area contributed by atoms with E-state index in [1.54, 1.807) is 9.29 Å². The van der Waals surface area contributed by atoms with Gasteiger partial charge in [-0.3, -0.25) is 4.98 Å². The Morgan fingerprint density at radius 1 is 1.03 bits per heavy atom. The van der Waals surface area contributed by atoms with Crippen molar-refractivity contribution in [2.24, 2.45) is 0 Å². The standard InChI is InChI=1S/C24H21F6N5O2S/c25-23(26,27)14-10-17-18(11-31)20(35(21(17)33-12-14)15-4-2-1-3-5-15)19-7-6-16(13-32-19)38(36,37)34-22(8-9-22)24(28,29)30/h6-7,10,12-13,15,34H,1-5,8-9H2. The van der Waals surface area contributed by atoms with Crippen LogP contribution in [0.5, 0.6) is 0 Å². The summed E-state index contributed by atoms with van der Waals surface area (Å²) in [6.45, 7) is 0. The van der Waals surface area contributed by atoms with Crippen LogP contribution in [0.3, 0.4) is 0 Å². The van der Waals surface area contributed by atoms with Gasteiger partial charge in [-0.15, -0.1) is 0 Å². The van der Waals surface area contributed by atoms with Crippen LogP contribution in [0.4, 0.5) is 26.3 Å². The van der Waals surface area contributed by atoms with E-state index < -0.39 is 38.4 Å². The highest BCUT2D eigenvalue weighted by molar-refractivity contribution is 7.89. The van der Waals surface area contributed by atoms with Crippen LogP contribution in [-0.4, -0.2) is 34.7 Å². The van der Waals surface area contributed by atoms with Gasteiger partial charge < -0.3 is 4.57 Å². The van der Waals surface area contributed by atoms with Crippen LogP contribution in [0, 0.1) is 11.3 Å². The molecule has 0 aliphatic heterocycles. The van der Waals surface area contributed by atoms with Gasteiger partial charge in [-0.25, -0.2) is 13.4 Å². The summed E-state index contributed by atoms with van der Waals surface area (Å²) in [4.78, 5) is 7.69. The molecule has 3 aromatic heterocycles. The molecule has 3 heterocycles. The summed E-state index contributed by atoms with van der Waals surface area (Å²) < 4.78 is 109. The first kappa shape index (κ1) is 26.4. The van der Waals surface area contributed by atoms with E-state index in [1.165, 1.54) is 6.07 Å². The Morgan fingerprint density at radius 2 is 1.71 bits per heavy atom. The van der Waals surface area contributed by atoms with E-state index in [0.29, 0.717) is 19.0 Å². The van der Waals surface area contributed by atoms with Gasteiger partial charge in [0, 0.05) is 23.8 Å².